The molecule has 1 aliphatic rings. The highest BCUT2D eigenvalue weighted by molar-refractivity contribution is 5.75. The standard InChI is InChI=1S/C23H25FN4O3/c24-20-10-8-19(9-11-20)22-26-28(23(30)31-22)16-21(29)25-14-17-4-6-18(7-5-17)15-27-12-2-1-3-13-27/h4-11H,1-3,12-16H2,(H,25,29)/p+1. The third-order valence-electron chi connectivity index (χ3n) is 5.52. The lowest BCUT2D eigenvalue weighted by atomic mass is 10.1. The fourth-order valence-corrected chi connectivity index (χ4v) is 3.80. The summed E-state index contributed by atoms with van der Waals surface area (Å²) in [5, 5.41) is 6.82. The second-order valence-corrected chi connectivity index (χ2v) is 7.92. The van der Waals surface area contributed by atoms with E-state index in [1.165, 1.54) is 62.2 Å². The molecule has 2 heterocycles. The van der Waals surface area contributed by atoms with Gasteiger partial charge in [-0.2, -0.15) is 4.68 Å². The number of halogens is 1. The molecule has 0 spiro atoms. The van der Waals surface area contributed by atoms with Crippen LogP contribution in [0.3, 0.4) is 0 Å². The molecule has 0 bridgehead atoms. The van der Waals surface area contributed by atoms with E-state index < -0.39 is 11.6 Å². The number of quaternary nitrogens is 1. The van der Waals surface area contributed by atoms with Crippen molar-refractivity contribution in [3.8, 4) is 11.5 Å². The fourth-order valence-electron chi connectivity index (χ4n) is 3.80. The molecule has 3 aromatic rings. The number of nitrogens with zero attached hydrogens (tertiary/aromatic N) is 2. The monoisotopic (exact) mass is 425 g/mol. The summed E-state index contributed by atoms with van der Waals surface area (Å²) in [5.41, 5.74) is 2.75. The average Bonchev–Trinajstić information content (AvgIpc) is 3.14. The maximum atomic E-state index is 13.0. The van der Waals surface area contributed by atoms with Gasteiger partial charge < -0.3 is 14.6 Å². The molecule has 1 aliphatic heterocycles. The zero-order valence-electron chi connectivity index (χ0n) is 17.3. The Kier molecular flexibility index (Phi) is 6.57. The molecular weight excluding hydrogens is 399 g/mol. The highest BCUT2D eigenvalue weighted by Gasteiger charge is 2.15. The van der Waals surface area contributed by atoms with Gasteiger partial charge in [0, 0.05) is 17.7 Å². The summed E-state index contributed by atoms with van der Waals surface area (Å²) in [7, 11) is 0. The molecule has 0 unspecified atom stereocenters. The van der Waals surface area contributed by atoms with Gasteiger partial charge in [0.1, 0.15) is 18.9 Å². The van der Waals surface area contributed by atoms with Crippen LogP contribution in [0.1, 0.15) is 30.4 Å². The second-order valence-electron chi connectivity index (χ2n) is 7.92. The number of hydrogen-bond acceptors (Lipinski definition) is 4. The number of piperidine rings is 1. The predicted octanol–water partition coefficient (Wildman–Crippen LogP) is 1.53. The van der Waals surface area contributed by atoms with Crippen molar-refractivity contribution in [2.45, 2.75) is 38.9 Å². The Morgan fingerprint density at radius 2 is 1.71 bits per heavy atom. The minimum atomic E-state index is -0.737. The largest absolute Gasteiger partial charge is 0.437 e. The Hall–Kier alpha value is -3.26. The third-order valence-corrected chi connectivity index (χ3v) is 5.52. The number of likely N-dealkylation sites (tertiary alicyclic amines) is 1. The van der Waals surface area contributed by atoms with E-state index in [0.29, 0.717) is 12.1 Å². The van der Waals surface area contributed by atoms with Gasteiger partial charge >= 0.3 is 5.76 Å². The lowest BCUT2D eigenvalue weighted by Gasteiger charge is -2.23. The van der Waals surface area contributed by atoms with Gasteiger partial charge in [0.05, 0.1) is 13.1 Å². The van der Waals surface area contributed by atoms with Crippen LogP contribution in [0, 0.1) is 5.82 Å². The first-order valence-corrected chi connectivity index (χ1v) is 10.6. The number of carbonyl (C=O) groups excluding carboxylic acids is 1. The fraction of sp³-hybridized carbons (Fsp3) is 0.348. The quantitative estimate of drug-likeness (QED) is 0.602. The van der Waals surface area contributed by atoms with Crippen molar-refractivity contribution < 1.29 is 18.5 Å². The lowest BCUT2D eigenvalue weighted by molar-refractivity contribution is -0.918. The second kappa shape index (κ2) is 9.70. The maximum Gasteiger partial charge on any atom is 0.437 e. The molecular formula is C23H26FN4O3+. The van der Waals surface area contributed by atoms with Gasteiger partial charge in [0.25, 0.3) is 0 Å². The number of rotatable bonds is 7. The van der Waals surface area contributed by atoms with Crippen molar-refractivity contribution in [3.05, 3.63) is 76.0 Å². The number of benzene rings is 2. The Morgan fingerprint density at radius 3 is 2.42 bits per heavy atom. The van der Waals surface area contributed by atoms with E-state index >= 15 is 0 Å². The molecule has 2 aromatic carbocycles. The van der Waals surface area contributed by atoms with Crippen LogP contribution in [0.5, 0.6) is 0 Å². The van der Waals surface area contributed by atoms with Crippen molar-refractivity contribution >= 4 is 5.91 Å². The van der Waals surface area contributed by atoms with Crippen molar-refractivity contribution in [2.75, 3.05) is 13.1 Å². The Morgan fingerprint density at radius 1 is 1.03 bits per heavy atom. The molecule has 0 atom stereocenters. The number of hydrogen-bond donors (Lipinski definition) is 2. The maximum absolute atomic E-state index is 13.0. The van der Waals surface area contributed by atoms with Crippen molar-refractivity contribution in [2.24, 2.45) is 0 Å². The summed E-state index contributed by atoms with van der Waals surface area (Å²) < 4.78 is 19.1. The first-order valence-electron chi connectivity index (χ1n) is 10.6. The number of aromatic nitrogens is 2. The van der Waals surface area contributed by atoms with E-state index in [0.717, 1.165) is 16.8 Å². The Labute approximate surface area is 179 Å². The minimum Gasteiger partial charge on any atom is -0.388 e. The Bertz CT molecular complexity index is 1070. The van der Waals surface area contributed by atoms with Gasteiger partial charge in [-0.15, -0.1) is 5.10 Å². The van der Waals surface area contributed by atoms with Crippen LogP contribution < -0.4 is 16.0 Å². The topological polar surface area (TPSA) is 81.6 Å². The number of amides is 1. The van der Waals surface area contributed by atoms with Crippen LogP contribution in [0.15, 0.2) is 57.7 Å². The molecule has 0 aliphatic carbocycles. The summed E-state index contributed by atoms with van der Waals surface area (Å²) in [6.07, 6.45) is 3.95. The first-order chi connectivity index (χ1) is 15.1. The smallest absolute Gasteiger partial charge is 0.388 e. The van der Waals surface area contributed by atoms with Gasteiger partial charge in [0.15, 0.2) is 0 Å². The van der Waals surface area contributed by atoms with Crippen LogP contribution in [-0.4, -0.2) is 28.8 Å². The van der Waals surface area contributed by atoms with E-state index in [1.807, 2.05) is 12.1 Å². The first kappa shape index (κ1) is 21.0. The van der Waals surface area contributed by atoms with Crippen molar-refractivity contribution in [3.63, 3.8) is 0 Å². The van der Waals surface area contributed by atoms with Crippen LogP contribution in [0.25, 0.3) is 11.5 Å². The predicted molar refractivity (Wildman–Crippen MR) is 113 cm³/mol. The van der Waals surface area contributed by atoms with Crippen LogP contribution in [0.2, 0.25) is 0 Å². The zero-order valence-corrected chi connectivity index (χ0v) is 17.3. The molecule has 7 nitrogen and oxygen atoms in total. The molecule has 1 fully saturated rings. The highest BCUT2D eigenvalue weighted by Crippen LogP contribution is 2.15. The molecule has 0 radical (unpaired) electrons. The normalized spacial score (nSPS) is 14.5. The summed E-state index contributed by atoms with van der Waals surface area (Å²) >= 11 is 0. The Balaban J connectivity index is 1.29. The molecule has 4 rings (SSSR count). The molecule has 1 amide bonds. The van der Waals surface area contributed by atoms with Gasteiger partial charge in [-0.05, 0) is 49.1 Å². The minimum absolute atomic E-state index is 0.0456. The molecule has 1 aromatic heterocycles. The molecule has 1 saturated heterocycles. The van der Waals surface area contributed by atoms with Gasteiger partial charge in [-0.1, -0.05) is 24.3 Å². The lowest BCUT2D eigenvalue weighted by Crippen LogP contribution is -3.11. The molecule has 8 heteroatoms. The number of nitrogens with one attached hydrogen (secondary N) is 2. The van der Waals surface area contributed by atoms with Crippen molar-refractivity contribution in [1.82, 2.24) is 15.1 Å². The van der Waals surface area contributed by atoms with E-state index in [-0.39, 0.29) is 18.3 Å². The van der Waals surface area contributed by atoms with Gasteiger partial charge in [0.2, 0.25) is 11.8 Å². The molecule has 31 heavy (non-hydrogen) atoms. The van der Waals surface area contributed by atoms with Gasteiger partial charge in [-0.3, -0.25) is 4.79 Å². The molecule has 162 valence electrons. The summed E-state index contributed by atoms with van der Waals surface area (Å²) in [6.45, 7) is 3.63. The zero-order chi connectivity index (χ0) is 21.6. The average molecular weight is 425 g/mol. The molecule has 0 saturated carbocycles. The van der Waals surface area contributed by atoms with Crippen LogP contribution >= 0.6 is 0 Å². The van der Waals surface area contributed by atoms with E-state index in [9.17, 15) is 14.0 Å². The van der Waals surface area contributed by atoms with Gasteiger partial charge in [-0.25, -0.2) is 9.18 Å². The summed E-state index contributed by atoms with van der Waals surface area (Å²) in [5.74, 6) is -1.43. The SMILES string of the molecule is O=C(Cn1nc(-c2ccc(F)cc2)oc1=O)NCc1ccc(C[NH+]2CCCCC2)cc1. The summed E-state index contributed by atoms with van der Waals surface area (Å²) in [6, 6.07) is 13.7. The van der Waals surface area contributed by atoms with Crippen LogP contribution in [-0.2, 0) is 24.4 Å². The third kappa shape index (κ3) is 5.67. The van der Waals surface area contributed by atoms with E-state index in [4.69, 9.17) is 4.42 Å². The van der Waals surface area contributed by atoms with Crippen molar-refractivity contribution in [1.29, 1.82) is 0 Å². The van der Waals surface area contributed by atoms with E-state index in [1.54, 1.807) is 4.90 Å². The van der Waals surface area contributed by atoms with E-state index in [2.05, 4.69) is 22.5 Å². The summed E-state index contributed by atoms with van der Waals surface area (Å²) in [4.78, 5) is 25.9. The molecule has 2 N–H and O–H groups in total. The number of carbonyl (C=O) groups is 1. The highest BCUT2D eigenvalue weighted by atomic mass is 19.1. The van der Waals surface area contributed by atoms with Crippen LogP contribution in [0.4, 0.5) is 4.39 Å².